The van der Waals surface area contributed by atoms with Crippen LogP contribution in [0.15, 0.2) is 59.2 Å². The van der Waals surface area contributed by atoms with Gasteiger partial charge in [0.05, 0.1) is 5.52 Å². The van der Waals surface area contributed by atoms with Gasteiger partial charge in [-0.1, -0.05) is 33.6 Å². The molecule has 19 heavy (non-hydrogen) atoms. The summed E-state index contributed by atoms with van der Waals surface area (Å²) in [7, 11) is 0. The summed E-state index contributed by atoms with van der Waals surface area (Å²) < 4.78 is 6.95. The van der Waals surface area contributed by atoms with Crippen LogP contribution >= 0.6 is 15.9 Å². The number of aromatic nitrogens is 1. The molecule has 0 aliphatic heterocycles. The van der Waals surface area contributed by atoms with Crippen molar-refractivity contribution in [1.29, 1.82) is 0 Å². The van der Waals surface area contributed by atoms with E-state index < -0.39 is 0 Å². The van der Waals surface area contributed by atoms with Gasteiger partial charge in [-0.3, -0.25) is 4.98 Å². The van der Waals surface area contributed by atoms with E-state index in [0.29, 0.717) is 0 Å². The first-order chi connectivity index (χ1) is 9.22. The first-order valence-electron chi connectivity index (χ1n) is 6.01. The number of ether oxygens (including phenoxy) is 1. The van der Waals surface area contributed by atoms with Gasteiger partial charge >= 0.3 is 0 Å². The minimum atomic E-state index is 0.821. The largest absolute Gasteiger partial charge is 0.457 e. The lowest BCUT2D eigenvalue weighted by molar-refractivity contribution is 0.488. The van der Waals surface area contributed by atoms with Crippen LogP contribution in [0.2, 0.25) is 0 Å². The SMILES string of the molecule is Cc1ccc(Oc2ccnc3cc(Br)ccc23)cc1. The van der Waals surface area contributed by atoms with Crippen molar-refractivity contribution in [2.24, 2.45) is 0 Å². The van der Waals surface area contributed by atoms with Gasteiger partial charge in [0.1, 0.15) is 11.5 Å². The van der Waals surface area contributed by atoms with E-state index in [9.17, 15) is 0 Å². The fraction of sp³-hybridized carbons (Fsp3) is 0.0625. The molecule has 2 nitrogen and oxygen atoms in total. The van der Waals surface area contributed by atoms with E-state index in [4.69, 9.17) is 4.74 Å². The molecule has 0 radical (unpaired) electrons. The Kier molecular flexibility index (Phi) is 3.22. The lowest BCUT2D eigenvalue weighted by atomic mass is 10.2. The second-order valence-electron chi connectivity index (χ2n) is 4.39. The Balaban J connectivity index is 2.03. The van der Waals surface area contributed by atoms with Crippen molar-refractivity contribution in [2.45, 2.75) is 6.92 Å². The molecular formula is C16H12BrNO. The molecule has 0 aliphatic carbocycles. The van der Waals surface area contributed by atoms with Crippen LogP contribution in [0.3, 0.4) is 0 Å². The van der Waals surface area contributed by atoms with E-state index in [-0.39, 0.29) is 0 Å². The number of halogens is 1. The number of hydrogen-bond donors (Lipinski definition) is 0. The molecule has 0 N–H and O–H groups in total. The third-order valence-electron chi connectivity index (χ3n) is 2.91. The molecule has 0 spiro atoms. The zero-order valence-electron chi connectivity index (χ0n) is 10.4. The van der Waals surface area contributed by atoms with Gasteiger partial charge in [-0.2, -0.15) is 0 Å². The number of benzene rings is 2. The Morgan fingerprint density at radius 1 is 1.00 bits per heavy atom. The molecule has 1 aromatic heterocycles. The maximum Gasteiger partial charge on any atom is 0.138 e. The molecule has 0 saturated heterocycles. The average Bonchev–Trinajstić information content (AvgIpc) is 2.41. The van der Waals surface area contributed by atoms with Gasteiger partial charge in [0.2, 0.25) is 0 Å². The number of rotatable bonds is 2. The van der Waals surface area contributed by atoms with Crippen molar-refractivity contribution in [3.63, 3.8) is 0 Å². The first kappa shape index (κ1) is 12.2. The lowest BCUT2D eigenvalue weighted by Crippen LogP contribution is -1.87. The smallest absolute Gasteiger partial charge is 0.138 e. The molecule has 0 bridgehead atoms. The molecule has 0 fully saturated rings. The van der Waals surface area contributed by atoms with Crippen LogP contribution < -0.4 is 4.74 Å². The highest BCUT2D eigenvalue weighted by Gasteiger charge is 2.04. The van der Waals surface area contributed by atoms with E-state index in [2.05, 4.69) is 27.8 Å². The van der Waals surface area contributed by atoms with Gasteiger partial charge in [0.25, 0.3) is 0 Å². The Morgan fingerprint density at radius 2 is 1.79 bits per heavy atom. The minimum Gasteiger partial charge on any atom is -0.457 e. The Morgan fingerprint density at radius 3 is 2.58 bits per heavy atom. The van der Waals surface area contributed by atoms with Crippen LogP contribution in [0.4, 0.5) is 0 Å². The molecule has 0 atom stereocenters. The average molecular weight is 314 g/mol. The fourth-order valence-electron chi connectivity index (χ4n) is 1.92. The summed E-state index contributed by atoms with van der Waals surface area (Å²) in [5, 5.41) is 1.01. The van der Waals surface area contributed by atoms with Crippen molar-refractivity contribution < 1.29 is 4.74 Å². The van der Waals surface area contributed by atoms with E-state index in [1.807, 2.05) is 48.5 Å². The highest BCUT2D eigenvalue weighted by Crippen LogP contribution is 2.30. The third kappa shape index (κ3) is 2.61. The normalized spacial score (nSPS) is 10.6. The van der Waals surface area contributed by atoms with Gasteiger partial charge < -0.3 is 4.74 Å². The summed E-state index contributed by atoms with van der Waals surface area (Å²) in [5.74, 6) is 1.65. The maximum atomic E-state index is 5.93. The monoisotopic (exact) mass is 313 g/mol. The summed E-state index contributed by atoms with van der Waals surface area (Å²) >= 11 is 3.45. The second kappa shape index (κ2) is 5.02. The summed E-state index contributed by atoms with van der Waals surface area (Å²) in [6.45, 7) is 2.06. The molecule has 94 valence electrons. The molecule has 0 amide bonds. The zero-order chi connectivity index (χ0) is 13.2. The molecule has 3 heteroatoms. The first-order valence-corrected chi connectivity index (χ1v) is 6.80. The van der Waals surface area contributed by atoms with Crippen LogP contribution in [-0.4, -0.2) is 4.98 Å². The van der Waals surface area contributed by atoms with E-state index in [1.54, 1.807) is 6.20 Å². The third-order valence-corrected chi connectivity index (χ3v) is 3.41. The van der Waals surface area contributed by atoms with Crippen molar-refractivity contribution in [2.75, 3.05) is 0 Å². The van der Waals surface area contributed by atoms with Crippen LogP contribution in [0.5, 0.6) is 11.5 Å². The summed E-state index contributed by atoms with van der Waals surface area (Å²) in [5.41, 5.74) is 2.13. The van der Waals surface area contributed by atoms with Crippen LogP contribution in [0, 0.1) is 6.92 Å². The highest BCUT2D eigenvalue weighted by atomic mass is 79.9. The zero-order valence-corrected chi connectivity index (χ0v) is 12.0. The summed E-state index contributed by atoms with van der Waals surface area (Å²) in [6, 6.07) is 15.9. The summed E-state index contributed by atoms with van der Waals surface area (Å²) in [4.78, 5) is 4.35. The van der Waals surface area contributed by atoms with Crippen molar-refractivity contribution in [3.8, 4) is 11.5 Å². The number of pyridine rings is 1. The predicted molar refractivity (Wildman–Crippen MR) is 80.7 cm³/mol. The highest BCUT2D eigenvalue weighted by molar-refractivity contribution is 9.10. The van der Waals surface area contributed by atoms with Crippen LogP contribution in [-0.2, 0) is 0 Å². The topological polar surface area (TPSA) is 22.1 Å². The van der Waals surface area contributed by atoms with Crippen LogP contribution in [0.1, 0.15) is 5.56 Å². The number of fused-ring (bicyclic) bond motifs is 1. The Hall–Kier alpha value is -1.87. The predicted octanol–water partition coefficient (Wildman–Crippen LogP) is 5.10. The van der Waals surface area contributed by atoms with Crippen molar-refractivity contribution >= 4 is 26.8 Å². The maximum absolute atomic E-state index is 5.93. The van der Waals surface area contributed by atoms with E-state index in [1.165, 1.54) is 5.56 Å². The lowest BCUT2D eigenvalue weighted by Gasteiger charge is -2.09. The van der Waals surface area contributed by atoms with Gasteiger partial charge in [-0.15, -0.1) is 0 Å². The van der Waals surface area contributed by atoms with Crippen molar-refractivity contribution in [3.05, 3.63) is 64.8 Å². The number of hydrogen-bond acceptors (Lipinski definition) is 2. The quantitative estimate of drug-likeness (QED) is 0.656. The van der Waals surface area contributed by atoms with Gasteiger partial charge in [-0.25, -0.2) is 0 Å². The molecular weight excluding hydrogens is 302 g/mol. The van der Waals surface area contributed by atoms with Crippen molar-refractivity contribution in [1.82, 2.24) is 4.98 Å². The molecule has 2 aromatic carbocycles. The molecule has 0 saturated carbocycles. The van der Waals surface area contributed by atoms with E-state index in [0.717, 1.165) is 26.9 Å². The molecule has 3 rings (SSSR count). The fourth-order valence-corrected chi connectivity index (χ4v) is 2.27. The van der Waals surface area contributed by atoms with Gasteiger partial charge in [-0.05, 0) is 43.3 Å². The Bertz CT molecular complexity index is 722. The molecule has 3 aromatic rings. The number of nitrogens with zero attached hydrogens (tertiary/aromatic N) is 1. The van der Waals surface area contributed by atoms with Crippen LogP contribution in [0.25, 0.3) is 10.9 Å². The molecule has 0 aliphatic rings. The summed E-state index contributed by atoms with van der Waals surface area (Å²) in [6.07, 6.45) is 1.76. The minimum absolute atomic E-state index is 0.821. The molecule has 1 heterocycles. The van der Waals surface area contributed by atoms with Gasteiger partial charge in [0, 0.05) is 16.1 Å². The Labute approximate surface area is 120 Å². The standard InChI is InChI=1S/C16H12BrNO/c1-11-2-5-13(6-3-11)19-16-8-9-18-15-10-12(17)4-7-14(15)16/h2-10H,1H3. The second-order valence-corrected chi connectivity index (χ2v) is 5.30. The number of aryl methyl sites for hydroxylation is 1. The molecule has 0 unspecified atom stereocenters. The van der Waals surface area contributed by atoms with E-state index >= 15 is 0 Å². The van der Waals surface area contributed by atoms with Gasteiger partial charge in [0.15, 0.2) is 0 Å².